The van der Waals surface area contributed by atoms with Gasteiger partial charge in [0.25, 0.3) is 10.1 Å². The average molecular weight is 311 g/mol. The number of hydrogen-bond acceptors (Lipinski definition) is 3. The topological polar surface area (TPSA) is 71.4 Å². The molecule has 2 fully saturated rings. The second-order valence-electron chi connectivity index (χ2n) is 5.39. The summed E-state index contributed by atoms with van der Waals surface area (Å²) in [7, 11) is -4.05. The van der Waals surface area contributed by atoms with Crippen LogP contribution < -0.4 is 0 Å². The standard InChI is InChI=1S/C10H15BrO4S/c1-9-4-3-6(7(11)8(9)12)10(9,2)5-16(13,14)15/h6-7H,3-5H2,1-2H3,(H,13,14,15)/t6-,7?,9+,10-/m0/s1. The molecule has 2 saturated carbocycles. The first-order valence-corrected chi connectivity index (χ1v) is 7.78. The van der Waals surface area contributed by atoms with Crippen molar-refractivity contribution in [2.45, 2.75) is 31.5 Å². The third kappa shape index (κ3) is 1.42. The highest BCUT2D eigenvalue weighted by molar-refractivity contribution is 9.10. The smallest absolute Gasteiger partial charge is 0.265 e. The molecule has 6 heteroatoms. The lowest BCUT2D eigenvalue weighted by Gasteiger charge is -2.35. The lowest BCUT2D eigenvalue weighted by molar-refractivity contribution is -0.127. The minimum absolute atomic E-state index is 0.00641. The Morgan fingerprint density at radius 1 is 1.50 bits per heavy atom. The Balaban J connectivity index is 2.47. The number of hydrogen-bond donors (Lipinski definition) is 1. The molecule has 16 heavy (non-hydrogen) atoms. The van der Waals surface area contributed by atoms with Crippen LogP contribution in [-0.4, -0.2) is 29.3 Å². The molecule has 4 atom stereocenters. The summed E-state index contributed by atoms with van der Waals surface area (Å²) in [6.45, 7) is 3.62. The largest absolute Gasteiger partial charge is 0.298 e. The molecule has 0 aromatic carbocycles. The maximum absolute atomic E-state index is 12.1. The van der Waals surface area contributed by atoms with Gasteiger partial charge in [0.15, 0.2) is 5.78 Å². The quantitative estimate of drug-likeness (QED) is 0.622. The van der Waals surface area contributed by atoms with Crippen LogP contribution in [0, 0.1) is 16.7 Å². The van der Waals surface area contributed by atoms with E-state index in [0.717, 1.165) is 6.42 Å². The van der Waals surface area contributed by atoms with E-state index < -0.39 is 20.9 Å². The van der Waals surface area contributed by atoms with E-state index in [2.05, 4.69) is 15.9 Å². The van der Waals surface area contributed by atoms with Crippen LogP contribution in [0.15, 0.2) is 0 Å². The summed E-state index contributed by atoms with van der Waals surface area (Å²) in [5, 5.41) is 0. The second kappa shape index (κ2) is 3.29. The van der Waals surface area contributed by atoms with Gasteiger partial charge < -0.3 is 0 Å². The maximum Gasteiger partial charge on any atom is 0.265 e. The third-order valence-corrected chi connectivity index (χ3v) is 6.68. The molecule has 2 aliphatic carbocycles. The van der Waals surface area contributed by atoms with E-state index >= 15 is 0 Å². The number of ketones is 1. The van der Waals surface area contributed by atoms with Gasteiger partial charge in [-0.15, -0.1) is 0 Å². The van der Waals surface area contributed by atoms with Crippen LogP contribution in [0.25, 0.3) is 0 Å². The SMILES string of the molecule is C[C@]1(CS(=O)(=O)O)[C@H]2CC[C@]1(C)C(=O)C2Br. The molecule has 0 aromatic heterocycles. The molecule has 2 aliphatic rings. The van der Waals surface area contributed by atoms with Crippen molar-refractivity contribution >= 4 is 31.8 Å². The van der Waals surface area contributed by atoms with Crippen LogP contribution in [0.4, 0.5) is 0 Å². The Kier molecular flexibility index (Phi) is 2.58. The van der Waals surface area contributed by atoms with Gasteiger partial charge in [0, 0.05) is 10.8 Å². The van der Waals surface area contributed by atoms with Gasteiger partial charge in [0.2, 0.25) is 0 Å². The van der Waals surface area contributed by atoms with Crippen molar-refractivity contribution in [2.24, 2.45) is 16.7 Å². The minimum Gasteiger partial charge on any atom is -0.298 e. The van der Waals surface area contributed by atoms with Crippen molar-refractivity contribution in [3.8, 4) is 0 Å². The van der Waals surface area contributed by atoms with Gasteiger partial charge in [0.05, 0.1) is 10.6 Å². The van der Waals surface area contributed by atoms with Crippen LogP contribution in [0.5, 0.6) is 0 Å². The highest BCUT2D eigenvalue weighted by Crippen LogP contribution is 2.65. The molecule has 92 valence electrons. The van der Waals surface area contributed by atoms with E-state index in [1.54, 1.807) is 6.92 Å². The van der Waals surface area contributed by atoms with Gasteiger partial charge in [-0.3, -0.25) is 9.35 Å². The Morgan fingerprint density at radius 3 is 2.44 bits per heavy atom. The lowest BCUT2D eigenvalue weighted by Crippen LogP contribution is -2.40. The van der Waals surface area contributed by atoms with Crippen LogP contribution in [0.2, 0.25) is 0 Å². The molecule has 2 rings (SSSR count). The molecular formula is C10H15BrO4S. The molecule has 0 radical (unpaired) electrons. The van der Waals surface area contributed by atoms with E-state index in [1.165, 1.54) is 0 Å². The van der Waals surface area contributed by atoms with Crippen molar-refractivity contribution in [2.75, 3.05) is 5.75 Å². The van der Waals surface area contributed by atoms with Crippen molar-refractivity contribution in [1.29, 1.82) is 0 Å². The first kappa shape index (κ1) is 12.5. The zero-order chi connectivity index (χ0) is 12.4. The number of rotatable bonds is 2. The Hall–Kier alpha value is 0.0600. The number of carbonyl (C=O) groups is 1. The molecule has 0 saturated heterocycles. The summed E-state index contributed by atoms with van der Waals surface area (Å²) in [5.74, 6) is -0.239. The Labute approximate surface area is 104 Å². The first-order valence-electron chi connectivity index (χ1n) is 5.25. The highest BCUT2D eigenvalue weighted by atomic mass is 79.9. The van der Waals surface area contributed by atoms with Crippen molar-refractivity contribution in [3.05, 3.63) is 0 Å². The minimum atomic E-state index is -4.05. The Bertz CT molecular complexity index is 446. The van der Waals surface area contributed by atoms with Crippen LogP contribution in [-0.2, 0) is 14.9 Å². The van der Waals surface area contributed by atoms with Gasteiger partial charge in [-0.05, 0) is 18.8 Å². The van der Waals surface area contributed by atoms with Crippen LogP contribution >= 0.6 is 15.9 Å². The number of fused-ring (bicyclic) bond motifs is 2. The van der Waals surface area contributed by atoms with Crippen molar-refractivity contribution in [1.82, 2.24) is 0 Å². The van der Waals surface area contributed by atoms with Gasteiger partial charge >= 0.3 is 0 Å². The fourth-order valence-corrected chi connectivity index (χ4v) is 6.11. The monoisotopic (exact) mass is 310 g/mol. The zero-order valence-electron chi connectivity index (χ0n) is 9.23. The fraction of sp³-hybridized carbons (Fsp3) is 0.900. The highest BCUT2D eigenvalue weighted by Gasteiger charge is 2.68. The molecular weight excluding hydrogens is 296 g/mol. The predicted octanol–water partition coefficient (Wildman–Crippen LogP) is 1.64. The predicted molar refractivity (Wildman–Crippen MR) is 63.1 cm³/mol. The molecule has 0 aromatic rings. The van der Waals surface area contributed by atoms with Crippen LogP contribution in [0.1, 0.15) is 26.7 Å². The molecule has 0 aliphatic heterocycles. The summed E-state index contributed by atoms with van der Waals surface area (Å²) in [6, 6.07) is 0. The van der Waals surface area contributed by atoms with E-state index in [0.29, 0.717) is 6.42 Å². The summed E-state index contributed by atoms with van der Waals surface area (Å²) in [5.41, 5.74) is -1.27. The second-order valence-corrected chi connectivity index (χ2v) is 7.83. The maximum atomic E-state index is 12.1. The average Bonchev–Trinajstić information content (AvgIpc) is 2.40. The number of alkyl halides is 1. The number of carbonyl (C=O) groups excluding carboxylic acids is 1. The summed E-state index contributed by atoms with van der Waals surface area (Å²) in [4.78, 5) is 11.8. The summed E-state index contributed by atoms with van der Waals surface area (Å²) < 4.78 is 31.2. The summed E-state index contributed by atoms with van der Waals surface area (Å²) >= 11 is 3.35. The molecule has 2 bridgehead atoms. The molecule has 1 unspecified atom stereocenters. The molecule has 0 amide bonds. The fourth-order valence-electron chi connectivity index (χ4n) is 3.46. The van der Waals surface area contributed by atoms with E-state index in [4.69, 9.17) is 4.55 Å². The van der Waals surface area contributed by atoms with Gasteiger partial charge in [-0.2, -0.15) is 8.42 Å². The molecule has 1 N–H and O–H groups in total. The van der Waals surface area contributed by atoms with Crippen molar-refractivity contribution < 1.29 is 17.8 Å². The van der Waals surface area contributed by atoms with Crippen molar-refractivity contribution in [3.63, 3.8) is 0 Å². The normalized spacial score (nSPS) is 47.6. The van der Waals surface area contributed by atoms with Crippen LogP contribution in [0.3, 0.4) is 0 Å². The lowest BCUT2D eigenvalue weighted by atomic mass is 9.70. The summed E-state index contributed by atoms with van der Waals surface area (Å²) in [6.07, 6.45) is 1.55. The first-order chi connectivity index (χ1) is 7.12. The number of halogens is 1. The van der Waals surface area contributed by atoms with E-state index in [-0.39, 0.29) is 22.3 Å². The third-order valence-electron chi connectivity index (χ3n) is 4.66. The van der Waals surface area contributed by atoms with E-state index in [1.807, 2.05) is 6.92 Å². The van der Waals surface area contributed by atoms with Gasteiger partial charge in [-0.1, -0.05) is 29.8 Å². The molecule has 4 nitrogen and oxygen atoms in total. The molecule has 0 heterocycles. The van der Waals surface area contributed by atoms with E-state index in [9.17, 15) is 13.2 Å². The number of Topliss-reactive ketones (excluding diaryl/α,β-unsaturated/α-hetero) is 1. The van der Waals surface area contributed by atoms with Gasteiger partial charge in [0.1, 0.15) is 0 Å². The molecule has 0 spiro atoms. The zero-order valence-corrected chi connectivity index (χ0v) is 11.6. The Morgan fingerprint density at radius 2 is 2.06 bits per heavy atom. The van der Waals surface area contributed by atoms with Gasteiger partial charge in [-0.25, -0.2) is 0 Å².